The van der Waals surface area contributed by atoms with Crippen LogP contribution in [0.25, 0.3) is 0 Å². The van der Waals surface area contributed by atoms with E-state index in [-0.39, 0.29) is 6.54 Å². The molecule has 1 N–H and O–H groups in total. The van der Waals surface area contributed by atoms with Gasteiger partial charge in [-0.2, -0.15) is 4.39 Å². The van der Waals surface area contributed by atoms with E-state index in [9.17, 15) is 19.6 Å². The van der Waals surface area contributed by atoms with E-state index in [0.29, 0.717) is 12.1 Å². The lowest BCUT2D eigenvalue weighted by atomic mass is 10.1. The van der Waals surface area contributed by atoms with Crippen molar-refractivity contribution < 1.29 is 14.4 Å². The number of nitro benzene ring substituents is 1. The van der Waals surface area contributed by atoms with Gasteiger partial charge in [-0.15, -0.1) is 0 Å². The van der Waals surface area contributed by atoms with Crippen LogP contribution >= 0.6 is 0 Å². The van der Waals surface area contributed by atoms with E-state index in [1.165, 1.54) is 6.07 Å². The lowest BCUT2D eigenvalue weighted by molar-refractivity contribution is -0.387. The fraction of sp³-hybridized carbons (Fsp3) is 0.250. The Bertz CT molecular complexity index is 649. The Morgan fingerprint density at radius 3 is 2.59 bits per heavy atom. The molecular formula is C16H17FN2O3. The quantitative estimate of drug-likeness (QED) is 0.658. The Labute approximate surface area is 127 Å². The molecule has 0 aliphatic heterocycles. The van der Waals surface area contributed by atoms with Crippen LogP contribution in [0.2, 0.25) is 0 Å². The summed E-state index contributed by atoms with van der Waals surface area (Å²) in [4.78, 5) is 11.8. The SMILES string of the molecule is CN(Cc1ccccc1)CC(O)c1ccc(F)c([N+](=O)[O-])c1. The van der Waals surface area contributed by atoms with Gasteiger partial charge in [0.05, 0.1) is 11.0 Å². The molecule has 1 atom stereocenters. The first-order valence-electron chi connectivity index (χ1n) is 6.81. The number of hydrogen-bond acceptors (Lipinski definition) is 4. The third-order valence-corrected chi connectivity index (χ3v) is 3.33. The number of aliphatic hydroxyl groups excluding tert-OH is 1. The second kappa shape index (κ2) is 7.11. The van der Waals surface area contributed by atoms with Gasteiger partial charge in [0.25, 0.3) is 0 Å². The zero-order chi connectivity index (χ0) is 16.1. The molecule has 0 radical (unpaired) electrons. The Balaban J connectivity index is 2.04. The summed E-state index contributed by atoms with van der Waals surface area (Å²) in [6.45, 7) is 0.929. The van der Waals surface area contributed by atoms with Crippen LogP contribution in [0.4, 0.5) is 10.1 Å². The molecule has 6 heteroatoms. The van der Waals surface area contributed by atoms with Crippen molar-refractivity contribution >= 4 is 5.69 Å². The second-order valence-corrected chi connectivity index (χ2v) is 5.17. The Morgan fingerprint density at radius 2 is 1.95 bits per heavy atom. The summed E-state index contributed by atoms with van der Waals surface area (Å²) >= 11 is 0. The number of likely N-dealkylation sites (N-methyl/N-ethyl adjacent to an activating group) is 1. The van der Waals surface area contributed by atoms with Crippen LogP contribution in [-0.4, -0.2) is 28.5 Å². The third-order valence-electron chi connectivity index (χ3n) is 3.33. The van der Waals surface area contributed by atoms with Crippen molar-refractivity contribution in [2.45, 2.75) is 12.6 Å². The minimum atomic E-state index is -0.923. The molecule has 1 unspecified atom stereocenters. The van der Waals surface area contributed by atoms with E-state index >= 15 is 0 Å². The smallest absolute Gasteiger partial charge is 0.305 e. The van der Waals surface area contributed by atoms with Crippen LogP contribution in [0, 0.1) is 15.9 Å². The Hall–Kier alpha value is -2.31. The molecule has 0 aliphatic carbocycles. The number of halogens is 1. The Kier molecular flexibility index (Phi) is 5.19. The van der Waals surface area contributed by atoms with Gasteiger partial charge in [0.1, 0.15) is 0 Å². The second-order valence-electron chi connectivity index (χ2n) is 5.17. The van der Waals surface area contributed by atoms with Crippen molar-refractivity contribution in [2.24, 2.45) is 0 Å². The van der Waals surface area contributed by atoms with Crippen molar-refractivity contribution in [3.05, 3.63) is 75.6 Å². The monoisotopic (exact) mass is 304 g/mol. The predicted octanol–water partition coefficient (Wildman–Crippen LogP) is 2.90. The van der Waals surface area contributed by atoms with Gasteiger partial charge < -0.3 is 5.11 Å². The normalized spacial score (nSPS) is 12.4. The minimum Gasteiger partial charge on any atom is -0.387 e. The predicted molar refractivity (Wildman–Crippen MR) is 80.8 cm³/mol. The average molecular weight is 304 g/mol. The third kappa shape index (κ3) is 4.09. The van der Waals surface area contributed by atoms with E-state index in [4.69, 9.17) is 0 Å². The molecule has 0 saturated carbocycles. The summed E-state index contributed by atoms with van der Waals surface area (Å²) in [5.41, 5.74) is 0.803. The number of rotatable bonds is 6. The molecule has 0 spiro atoms. The molecular weight excluding hydrogens is 287 g/mol. The van der Waals surface area contributed by atoms with Gasteiger partial charge in [-0.3, -0.25) is 15.0 Å². The molecule has 0 fully saturated rings. The zero-order valence-electron chi connectivity index (χ0n) is 12.1. The number of hydrogen-bond donors (Lipinski definition) is 1. The van der Waals surface area contributed by atoms with Crippen molar-refractivity contribution in [1.82, 2.24) is 4.90 Å². The maximum atomic E-state index is 13.3. The number of aliphatic hydroxyl groups is 1. The molecule has 22 heavy (non-hydrogen) atoms. The number of nitrogens with zero attached hydrogens (tertiary/aromatic N) is 2. The first kappa shape index (κ1) is 16.1. The highest BCUT2D eigenvalue weighted by atomic mass is 19.1. The van der Waals surface area contributed by atoms with Crippen molar-refractivity contribution in [2.75, 3.05) is 13.6 Å². The molecule has 2 rings (SSSR count). The van der Waals surface area contributed by atoms with Gasteiger partial charge in [0.2, 0.25) is 5.82 Å². The highest BCUT2D eigenvalue weighted by molar-refractivity contribution is 5.37. The fourth-order valence-electron chi connectivity index (χ4n) is 2.24. The average Bonchev–Trinajstić information content (AvgIpc) is 2.48. The highest BCUT2D eigenvalue weighted by Crippen LogP contribution is 2.23. The summed E-state index contributed by atoms with van der Waals surface area (Å²) in [5, 5.41) is 20.9. The van der Waals surface area contributed by atoms with Gasteiger partial charge >= 0.3 is 5.69 Å². The highest BCUT2D eigenvalue weighted by Gasteiger charge is 2.18. The van der Waals surface area contributed by atoms with Crippen LogP contribution in [0.1, 0.15) is 17.2 Å². The summed E-state index contributed by atoms with van der Waals surface area (Å²) in [6.07, 6.45) is -0.923. The Morgan fingerprint density at radius 1 is 1.27 bits per heavy atom. The lowest BCUT2D eigenvalue weighted by Crippen LogP contribution is -2.24. The van der Waals surface area contributed by atoms with Crippen LogP contribution in [0.3, 0.4) is 0 Å². The van der Waals surface area contributed by atoms with E-state index in [2.05, 4.69) is 0 Å². The molecule has 2 aromatic rings. The van der Waals surface area contributed by atoms with E-state index < -0.39 is 22.5 Å². The zero-order valence-corrected chi connectivity index (χ0v) is 12.1. The van der Waals surface area contributed by atoms with Crippen molar-refractivity contribution in [3.63, 3.8) is 0 Å². The molecule has 2 aromatic carbocycles. The van der Waals surface area contributed by atoms with Gasteiger partial charge in [-0.1, -0.05) is 36.4 Å². The summed E-state index contributed by atoms with van der Waals surface area (Å²) in [7, 11) is 1.84. The minimum absolute atomic E-state index is 0.289. The summed E-state index contributed by atoms with van der Waals surface area (Å²) in [5.74, 6) is -0.904. The number of nitro groups is 1. The fourth-order valence-corrected chi connectivity index (χ4v) is 2.24. The summed E-state index contributed by atoms with van der Waals surface area (Å²) in [6, 6.07) is 13.2. The van der Waals surface area contributed by atoms with Crippen LogP contribution in [-0.2, 0) is 6.54 Å². The summed E-state index contributed by atoms with van der Waals surface area (Å²) < 4.78 is 13.3. The van der Waals surface area contributed by atoms with Crippen molar-refractivity contribution in [3.8, 4) is 0 Å². The largest absolute Gasteiger partial charge is 0.387 e. The van der Waals surface area contributed by atoms with Gasteiger partial charge in [0, 0.05) is 19.2 Å². The van der Waals surface area contributed by atoms with Gasteiger partial charge in [0.15, 0.2) is 0 Å². The first-order chi connectivity index (χ1) is 10.5. The van der Waals surface area contributed by atoms with E-state index in [1.54, 1.807) is 0 Å². The van der Waals surface area contributed by atoms with Gasteiger partial charge in [-0.05, 0) is 24.2 Å². The molecule has 0 aliphatic rings. The molecule has 5 nitrogen and oxygen atoms in total. The first-order valence-corrected chi connectivity index (χ1v) is 6.81. The van der Waals surface area contributed by atoms with Crippen LogP contribution < -0.4 is 0 Å². The molecule has 0 amide bonds. The topological polar surface area (TPSA) is 66.6 Å². The number of benzene rings is 2. The molecule has 116 valence electrons. The van der Waals surface area contributed by atoms with Crippen molar-refractivity contribution in [1.29, 1.82) is 0 Å². The van der Waals surface area contributed by atoms with E-state index in [1.807, 2.05) is 42.3 Å². The molecule has 0 heterocycles. The standard InChI is InChI=1S/C16H17FN2O3/c1-18(10-12-5-3-2-4-6-12)11-16(20)13-7-8-14(17)15(9-13)19(21)22/h2-9,16,20H,10-11H2,1H3. The van der Waals surface area contributed by atoms with E-state index in [0.717, 1.165) is 17.7 Å². The van der Waals surface area contributed by atoms with Crippen LogP contribution in [0.15, 0.2) is 48.5 Å². The van der Waals surface area contributed by atoms with Gasteiger partial charge in [-0.25, -0.2) is 0 Å². The maximum absolute atomic E-state index is 13.3. The maximum Gasteiger partial charge on any atom is 0.305 e. The molecule has 0 aromatic heterocycles. The lowest BCUT2D eigenvalue weighted by Gasteiger charge is -2.20. The molecule has 0 saturated heterocycles. The molecule has 0 bridgehead atoms. The van der Waals surface area contributed by atoms with Crippen LogP contribution in [0.5, 0.6) is 0 Å².